The zero-order valence-electron chi connectivity index (χ0n) is 14.1. The second-order valence-electron chi connectivity index (χ2n) is 6.29. The fourth-order valence-corrected chi connectivity index (χ4v) is 3.18. The fraction of sp³-hybridized carbons (Fsp3) is 0.300. The van der Waals surface area contributed by atoms with Crippen LogP contribution in [0.15, 0.2) is 48.5 Å². The van der Waals surface area contributed by atoms with Gasteiger partial charge >= 0.3 is 0 Å². The smallest absolute Gasteiger partial charge is 0.229 e. The zero-order chi connectivity index (χ0) is 17.1. The summed E-state index contributed by atoms with van der Waals surface area (Å²) in [6.45, 7) is 4.21. The first-order valence-electron chi connectivity index (χ1n) is 8.26. The van der Waals surface area contributed by atoms with Gasteiger partial charge in [0.1, 0.15) is 0 Å². The standard InChI is InChI=1S/C20H22N2O2/c1-14-7-9-16(10-8-14)18(21-15(2)23)13-20(24)22-12-11-17-5-3-4-6-19(17)22/h3-10,18H,11-13H2,1-2H3,(H,21,23)/t18-/m1/s1. The van der Waals surface area contributed by atoms with Crippen LogP contribution in [0.2, 0.25) is 0 Å². The van der Waals surface area contributed by atoms with Gasteiger partial charge in [-0.25, -0.2) is 0 Å². The van der Waals surface area contributed by atoms with Crippen LogP contribution in [0.1, 0.15) is 36.1 Å². The molecule has 0 saturated heterocycles. The maximum atomic E-state index is 12.8. The number of para-hydroxylation sites is 1. The Morgan fingerprint density at radius 1 is 1.12 bits per heavy atom. The number of anilines is 1. The van der Waals surface area contributed by atoms with Crippen LogP contribution in [0.3, 0.4) is 0 Å². The van der Waals surface area contributed by atoms with Gasteiger partial charge in [0.15, 0.2) is 0 Å². The molecule has 0 aliphatic carbocycles. The highest BCUT2D eigenvalue weighted by molar-refractivity contribution is 5.96. The third-order valence-electron chi connectivity index (χ3n) is 4.42. The Balaban J connectivity index is 1.79. The van der Waals surface area contributed by atoms with Crippen LogP contribution in [0.25, 0.3) is 0 Å². The first-order valence-corrected chi connectivity index (χ1v) is 8.26. The number of carbonyl (C=O) groups is 2. The predicted molar refractivity (Wildman–Crippen MR) is 94.9 cm³/mol. The third kappa shape index (κ3) is 3.48. The predicted octanol–water partition coefficient (Wildman–Crippen LogP) is 3.15. The van der Waals surface area contributed by atoms with E-state index < -0.39 is 0 Å². The molecule has 0 saturated carbocycles. The van der Waals surface area contributed by atoms with Gasteiger partial charge in [-0.05, 0) is 30.5 Å². The lowest BCUT2D eigenvalue weighted by Gasteiger charge is -2.23. The third-order valence-corrected chi connectivity index (χ3v) is 4.42. The first kappa shape index (κ1) is 16.2. The minimum Gasteiger partial charge on any atom is -0.349 e. The van der Waals surface area contributed by atoms with Crippen molar-refractivity contribution in [3.63, 3.8) is 0 Å². The zero-order valence-corrected chi connectivity index (χ0v) is 14.1. The molecule has 1 heterocycles. The van der Waals surface area contributed by atoms with Gasteiger partial charge in [0.05, 0.1) is 12.5 Å². The van der Waals surface area contributed by atoms with Crippen molar-refractivity contribution in [1.29, 1.82) is 0 Å². The second kappa shape index (κ2) is 6.87. The van der Waals surface area contributed by atoms with Crippen LogP contribution in [0, 0.1) is 6.92 Å². The number of nitrogens with zero attached hydrogens (tertiary/aromatic N) is 1. The Morgan fingerprint density at radius 2 is 1.83 bits per heavy atom. The Bertz CT molecular complexity index is 752. The summed E-state index contributed by atoms with van der Waals surface area (Å²) in [5.74, 6) is -0.0885. The van der Waals surface area contributed by atoms with E-state index in [-0.39, 0.29) is 24.3 Å². The number of amides is 2. The number of nitrogens with one attached hydrogen (secondary N) is 1. The monoisotopic (exact) mass is 322 g/mol. The summed E-state index contributed by atoms with van der Waals surface area (Å²) in [6, 6.07) is 15.6. The number of aryl methyl sites for hydroxylation is 1. The van der Waals surface area contributed by atoms with Crippen LogP contribution in [0.4, 0.5) is 5.69 Å². The summed E-state index contributed by atoms with van der Waals surface area (Å²) in [5.41, 5.74) is 4.31. The fourth-order valence-electron chi connectivity index (χ4n) is 3.18. The van der Waals surface area contributed by atoms with E-state index in [0.29, 0.717) is 6.54 Å². The molecule has 0 radical (unpaired) electrons. The maximum Gasteiger partial charge on any atom is 0.229 e. The molecule has 2 aromatic carbocycles. The van der Waals surface area contributed by atoms with Crippen molar-refractivity contribution < 1.29 is 9.59 Å². The van der Waals surface area contributed by atoms with Gasteiger partial charge in [0.2, 0.25) is 11.8 Å². The molecule has 0 bridgehead atoms. The largest absolute Gasteiger partial charge is 0.349 e. The summed E-state index contributed by atoms with van der Waals surface area (Å²) in [6.07, 6.45) is 1.15. The molecule has 2 amide bonds. The molecule has 4 nitrogen and oxygen atoms in total. The molecule has 1 atom stereocenters. The van der Waals surface area contributed by atoms with Crippen molar-refractivity contribution in [2.45, 2.75) is 32.7 Å². The Labute approximate surface area is 142 Å². The average molecular weight is 322 g/mol. The van der Waals surface area contributed by atoms with Crippen molar-refractivity contribution in [2.24, 2.45) is 0 Å². The molecule has 1 aliphatic heterocycles. The maximum absolute atomic E-state index is 12.8. The van der Waals surface area contributed by atoms with E-state index in [1.165, 1.54) is 12.5 Å². The van der Waals surface area contributed by atoms with E-state index in [1.54, 1.807) is 0 Å². The number of carbonyl (C=O) groups excluding carboxylic acids is 2. The van der Waals surface area contributed by atoms with Gasteiger partial charge in [-0.1, -0.05) is 48.0 Å². The minimum absolute atomic E-state index is 0.0410. The molecule has 1 N–H and O–H groups in total. The first-order chi connectivity index (χ1) is 11.5. The van der Waals surface area contributed by atoms with Crippen LogP contribution in [-0.4, -0.2) is 18.4 Å². The van der Waals surface area contributed by atoms with Gasteiger partial charge in [0, 0.05) is 19.2 Å². The molecule has 3 rings (SSSR count). The Hall–Kier alpha value is -2.62. The van der Waals surface area contributed by atoms with Gasteiger partial charge in [-0.3, -0.25) is 9.59 Å². The Kier molecular flexibility index (Phi) is 4.65. The van der Waals surface area contributed by atoms with Gasteiger partial charge in [0.25, 0.3) is 0 Å². The van der Waals surface area contributed by atoms with Crippen LogP contribution in [0.5, 0.6) is 0 Å². The molecule has 0 spiro atoms. The van der Waals surface area contributed by atoms with E-state index in [2.05, 4.69) is 11.4 Å². The lowest BCUT2D eigenvalue weighted by atomic mass is 10.0. The summed E-state index contributed by atoms with van der Waals surface area (Å²) in [4.78, 5) is 26.2. The van der Waals surface area contributed by atoms with Gasteiger partial charge < -0.3 is 10.2 Å². The number of hydrogen-bond acceptors (Lipinski definition) is 2. The van der Waals surface area contributed by atoms with Crippen molar-refractivity contribution in [3.05, 3.63) is 65.2 Å². The lowest BCUT2D eigenvalue weighted by molar-refractivity contribution is -0.121. The van der Waals surface area contributed by atoms with Crippen molar-refractivity contribution in [1.82, 2.24) is 5.32 Å². The topological polar surface area (TPSA) is 49.4 Å². The molecule has 0 unspecified atom stereocenters. The van der Waals surface area contributed by atoms with Gasteiger partial charge in [-0.15, -0.1) is 0 Å². The molecule has 2 aromatic rings. The number of hydrogen-bond donors (Lipinski definition) is 1. The summed E-state index contributed by atoms with van der Waals surface area (Å²) in [5, 5.41) is 2.91. The van der Waals surface area contributed by atoms with E-state index in [4.69, 9.17) is 0 Å². The van der Waals surface area contributed by atoms with Crippen LogP contribution in [-0.2, 0) is 16.0 Å². The SMILES string of the molecule is CC(=O)N[C@H](CC(=O)N1CCc2ccccc21)c1ccc(C)cc1. The molecule has 4 heteroatoms. The van der Waals surface area contributed by atoms with E-state index in [1.807, 2.05) is 54.3 Å². The highest BCUT2D eigenvalue weighted by atomic mass is 16.2. The molecule has 0 aromatic heterocycles. The second-order valence-corrected chi connectivity index (χ2v) is 6.29. The average Bonchev–Trinajstić information content (AvgIpc) is 2.98. The highest BCUT2D eigenvalue weighted by Gasteiger charge is 2.27. The minimum atomic E-state index is -0.302. The van der Waals surface area contributed by atoms with Crippen molar-refractivity contribution in [2.75, 3.05) is 11.4 Å². The normalized spacial score (nSPS) is 14.2. The number of rotatable bonds is 4. The molecule has 1 aliphatic rings. The van der Waals surface area contributed by atoms with E-state index in [0.717, 1.165) is 23.2 Å². The molecule has 24 heavy (non-hydrogen) atoms. The molecular formula is C20H22N2O2. The summed E-state index contributed by atoms with van der Waals surface area (Å²) < 4.78 is 0. The van der Waals surface area contributed by atoms with Gasteiger partial charge in [-0.2, -0.15) is 0 Å². The van der Waals surface area contributed by atoms with Crippen LogP contribution >= 0.6 is 0 Å². The van der Waals surface area contributed by atoms with Crippen molar-refractivity contribution >= 4 is 17.5 Å². The van der Waals surface area contributed by atoms with E-state index >= 15 is 0 Å². The number of fused-ring (bicyclic) bond motifs is 1. The summed E-state index contributed by atoms with van der Waals surface area (Å²) in [7, 11) is 0. The molecule has 124 valence electrons. The number of benzene rings is 2. The molecule has 0 fully saturated rings. The Morgan fingerprint density at radius 3 is 2.54 bits per heavy atom. The summed E-state index contributed by atoms with van der Waals surface area (Å²) >= 11 is 0. The highest BCUT2D eigenvalue weighted by Crippen LogP contribution is 2.29. The van der Waals surface area contributed by atoms with Crippen LogP contribution < -0.4 is 10.2 Å². The quantitative estimate of drug-likeness (QED) is 0.940. The van der Waals surface area contributed by atoms with Crippen molar-refractivity contribution in [3.8, 4) is 0 Å². The van der Waals surface area contributed by atoms with E-state index in [9.17, 15) is 9.59 Å². The lowest BCUT2D eigenvalue weighted by Crippen LogP contribution is -2.35. The molecular weight excluding hydrogens is 300 g/mol.